The number of amides is 1. The number of nitrogens with one attached hydrogen (secondary N) is 1. The second kappa shape index (κ2) is 8.73. The first-order valence-electron chi connectivity index (χ1n) is 7.57. The van der Waals surface area contributed by atoms with Gasteiger partial charge in [-0.25, -0.2) is 4.79 Å². The lowest BCUT2D eigenvalue weighted by Crippen LogP contribution is -2.46. The Balaban J connectivity index is 2.05. The van der Waals surface area contributed by atoms with Gasteiger partial charge < -0.3 is 10.1 Å². The zero-order valence-electron chi connectivity index (χ0n) is 14.0. The molecule has 0 spiro atoms. The molecule has 2 heterocycles. The maximum Gasteiger partial charge on any atom is 0.328 e. The maximum absolute atomic E-state index is 12.2. The van der Waals surface area contributed by atoms with Gasteiger partial charge in [0, 0.05) is 6.20 Å². The van der Waals surface area contributed by atoms with E-state index in [1.54, 1.807) is 16.7 Å². The van der Waals surface area contributed by atoms with Crippen molar-refractivity contribution in [2.24, 2.45) is 5.92 Å². The lowest BCUT2D eigenvalue weighted by Gasteiger charge is -2.21. The first-order chi connectivity index (χ1) is 11.9. The molecule has 10 heteroatoms. The molecule has 0 radical (unpaired) electrons. The normalized spacial score (nSPS) is 13.5. The third-order valence-electron chi connectivity index (χ3n) is 3.71. The van der Waals surface area contributed by atoms with Gasteiger partial charge in [0.15, 0.2) is 10.8 Å². The van der Waals surface area contributed by atoms with E-state index in [0.29, 0.717) is 20.8 Å². The Hall–Kier alpha value is -1.51. The largest absolute Gasteiger partial charge is 0.467 e. The van der Waals surface area contributed by atoms with Crippen LogP contribution in [0, 0.1) is 5.92 Å². The summed E-state index contributed by atoms with van der Waals surface area (Å²) in [6, 6.07) is 0.892. The summed E-state index contributed by atoms with van der Waals surface area (Å²) in [6.07, 6.45) is 2.36. The van der Waals surface area contributed by atoms with Crippen molar-refractivity contribution in [1.82, 2.24) is 19.9 Å². The molecule has 25 heavy (non-hydrogen) atoms. The molecule has 0 aliphatic heterocycles. The number of halogens is 2. The molecule has 136 valence electrons. The van der Waals surface area contributed by atoms with Gasteiger partial charge >= 0.3 is 5.97 Å². The molecular weight excluding hydrogens is 387 g/mol. The van der Waals surface area contributed by atoms with Crippen LogP contribution >= 0.6 is 35.0 Å². The Bertz CT molecular complexity index is 783. The Morgan fingerprint density at radius 1 is 1.40 bits per heavy atom. The molecule has 2 rings (SSSR count). The number of esters is 1. The van der Waals surface area contributed by atoms with Crippen LogP contribution in [-0.2, 0) is 14.3 Å². The molecule has 0 unspecified atom stereocenters. The number of carbonyl (C=O) groups is 2. The van der Waals surface area contributed by atoms with Crippen molar-refractivity contribution >= 4 is 52.5 Å². The minimum absolute atomic E-state index is 0.0343. The predicted molar refractivity (Wildman–Crippen MR) is 97.1 cm³/mol. The van der Waals surface area contributed by atoms with Crippen LogP contribution < -0.4 is 5.32 Å². The van der Waals surface area contributed by atoms with Gasteiger partial charge in [0.2, 0.25) is 5.91 Å². The summed E-state index contributed by atoms with van der Waals surface area (Å²) >= 11 is 13.2. The Kier molecular flexibility index (Phi) is 6.92. The van der Waals surface area contributed by atoms with Gasteiger partial charge in [-0.1, -0.05) is 55.2 Å². The van der Waals surface area contributed by atoms with Crippen LogP contribution in [0.2, 0.25) is 10.0 Å². The Morgan fingerprint density at radius 3 is 2.76 bits per heavy atom. The minimum Gasteiger partial charge on any atom is -0.467 e. The van der Waals surface area contributed by atoms with Crippen LogP contribution in [0.25, 0.3) is 5.65 Å². The number of hydrogen-bond acceptors (Lipinski definition) is 6. The maximum atomic E-state index is 12.2. The minimum atomic E-state index is -0.679. The van der Waals surface area contributed by atoms with Crippen molar-refractivity contribution in [3.8, 4) is 0 Å². The molecule has 0 saturated carbocycles. The third kappa shape index (κ3) is 4.77. The average Bonchev–Trinajstić information content (AvgIpc) is 2.99. The van der Waals surface area contributed by atoms with E-state index in [1.165, 1.54) is 18.9 Å². The smallest absolute Gasteiger partial charge is 0.328 e. The summed E-state index contributed by atoms with van der Waals surface area (Å²) in [5, 5.41) is 12.0. The van der Waals surface area contributed by atoms with Crippen molar-refractivity contribution in [3.05, 3.63) is 22.3 Å². The Morgan fingerprint density at radius 2 is 2.12 bits per heavy atom. The van der Waals surface area contributed by atoms with Crippen molar-refractivity contribution in [3.63, 3.8) is 0 Å². The summed E-state index contributed by atoms with van der Waals surface area (Å²) in [4.78, 5) is 24.0. The molecule has 0 aliphatic carbocycles. The van der Waals surface area contributed by atoms with E-state index < -0.39 is 12.0 Å². The summed E-state index contributed by atoms with van der Waals surface area (Å²) in [5.74, 6) is -0.729. The fourth-order valence-corrected chi connectivity index (χ4v) is 3.37. The standard InChI is InChI=1S/C15H18Cl2N4O3S/c1-4-8(2)12(14(23)24-3)18-11(22)7-25-15-20-19-13-10(17)5-9(16)6-21(13)15/h5-6,8,12H,4,7H2,1-3H3,(H,18,22)/t8-,12+/m0/s1. The quantitative estimate of drug-likeness (QED) is 0.563. The van der Waals surface area contributed by atoms with Gasteiger partial charge in [-0.3, -0.25) is 9.20 Å². The number of fused-ring (bicyclic) bond motifs is 1. The van der Waals surface area contributed by atoms with E-state index in [1.807, 2.05) is 13.8 Å². The summed E-state index contributed by atoms with van der Waals surface area (Å²) < 4.78 is 6.37. The van der Waals surface area contributed by atoms with Crippen LogP contribution in [0.15, 0.2) is 17.4 Å². The number of thioether (sulfide) groups is 1. The fourth-order valence-electron chi connectivity index (χ4n) is 2.14. The van der Waals surface area contributed by atoms with Crippen molar-refractivity contribution in [2.75, 3.05) is 12.9 Å². The first-order valence-corrected chi connectivity index (χ1v) is 9.31. The van der Waals surface area contributed by atoms with E-state index >= 15 is 0 Å². The van der Waals surface area contributed by atoms with Crippen LogP contribution in [0.5, 0.6) is 0 Å². The van der Waals surface area contributed by atoms with Gasteiger partial charge in [-0.2, -0.15) is 0 Å². The van der Waals surface area contributed by atoms with E-state index in [4.69, 9.17) is 27.9 Å². The van der Waals surface area contributed by atoms with Gasteiger partial charge in [-0.15, -0.1) is 10.2 Å². The molecule has 0 bridgehead atoms. The van der Waals surface area contributed by atoms with Gasteiger partial charge in [0.05, 0.1) is 22.9 Å². The second-order valence-corrected chi connectivity index (χ2v) is 7.21. The molecule has 2 aromatic rings. The SMILES string of the molecule is CC[C@H](C)[C@@H](NC(=O)CSc1nnc2c(Cl)cc(Cl)cn12)C(=O)OC. The zero-order valence-corrected chi connectivity index (χ0v) is 16.3. The highest BCUT2D eigenvalue weighted by molar-refractivity contribution is 7.99. The molecule has 0 aromatic carbocycles. The highest BCUT2D eigenvalue weighted by Crippen LogP contribution is 2.25. The zero-order chi connectivity index (χ0) is 18.6. The lowest BCUT2D eigenvalue weighted by atomic mass is 9.99. The molecule has 7 nitrogen and oxygen atoms in total. The number of pyridine rings is 1. The number of carbonyl (C=O) groups excluding carboxylic acids is 2. The second-order valence-electron chi connectivity index (χ2n) is 5.42. The number of aromatic nitrogens is 3. The van der Waals surface area contributed by atoms with E-state index in [2.05, 4.69) is 15.5 Å². The fraction of sp³-hybridized carbons (Fsp3) is 0.467. The number of nitrogens with zero attached hydrogens (tertiary/aromatic N) is 3. The molecule has 1 amide bonds. The summed E-state index contributed by atoms with van der Waals surface area (Å²) in [6.45, 7) is 3.82. The summed E-state index contributed by atoms with van der Waals surface area (Å²) in [7, 11) is 1.30. The summed E-state index contributed by atoms with van der Waals surface area (Å²) in [5.41, 5.74) is 0.459. The molecular formula is C15H18Cl2N4O3S. The van der Waals surface area contributed by atoms with Crippen molar-refractivity contribution in [2.45, 2.75) is 31.5 Å². The molecule has 0 aliphatic rings. The topological polar surface area (TPSA) is 85.6 Å². The van der Waals surface area contributed by atoms with Crippen LogP contribution in [0.3, 0.4) is 0 Å². The van der Waals surface area contributed by atoms with E-state index in [-0.39, 0.29) is 17.6 Å². The first kappa shape index (κ1) is 19.8. The van der Waals surface area contributed by atoms with E-state index in [0.717, 1.165) is 6.42 Å². The Labute approximate surface area is 159 Å². The highest BCUT2D eigenvalue weighted by atomic mass is 35.5. The van der Waals surface area contributed by atoms with Crippen LogP contribution in [-0.4, -0.2) is 45.4 Å². The lowest BCUT2D eigenvalue weighted by molar-refractivity contribution is -0.146. The number of methoxy groups -OCH3 is 1. The number of rotatable bonds is 7. The number of ether oxygens (including phenoxy) is 1. The van der Waals surface area contributed by atoms with Crippen LogP contribution in [0.1, 0.15) is 20.3 Å². The van der Waals surface area contributed by atoms with Gasteiger partial charge in [0.25, 0.3) is 0 Å². The van der Waals surface area contributed by atoms with Gasteiger partial charge in [-0.05, 0) is 12.0 Å². The van der Waals surface area contributed by atoms with Crippen molar-refractivity contribution in [1.29, 1.82) is 0 Å². The molecule has 0 fully saturated rings. The molecule has 2 atom stereocenters. The molecule has 0 saturated heterocycles. The average molecular weight is 405 g/mol. The molecule has 1 N–H and O–H groups in total. The molecule has 2 aromatic heterocycles. The van der Waals surface area contributed by atoms with Crippen molar-refractivity contribution < 1.29 is 14.3 Å². The van der Waals surface area contributed by atoms with Crippen LogP contribution in [0.4, 0.5) is 0 Å². The monoisotopic (exact) mass is 404 g/mol. The number of hydrogen-bond donors (Lipinski definition) is 1. The van der Waals surface area contributed by atoms with E-state index in [9.17, 15) is 9.59 Å². The highest BCUT2D eigenvalue weighted by Gasteiger charge is 2.26. The van der Waals surface area contributed by atoms with Gasteiger partial charge in [0.1, 0.15) is 6.04 Å². The predicted octanol–water partition coefficient (Wildman–Crippen LogP) is 2.83. The third-order valence-corrected chi connectivity index (χ3v) is 5.14.